The molecule has 1 N–H and O–H groups in total. The molecule has 1 aromatic carbocycles. The maximum Gasteiger partial charge on any atom is 0.338 e. The van der Waals surface area contributed by atoms with Crippen LogP contribution in [0.3, 0.4) is 0 Å². The minimum atomic E-state index is -1.27. The van der Waals surface area contributed by atoms with Gasteiger partial charge in [0, 0.05) is 18.3 Å². The second-order valence-electron chi connectivity index (χ2n) is 6.74. The fourth-order valence-corrected chi connectivity index (χ4v) is 3.28. The van der Waals surface area contributed by atoms with Gasteiger partial charge < -0.3 is 14.6 Å². The number of rotatable bonds is 3. The lowest BCUT2D eigenvalue weighted by Crippen LogP contribution is -2.48. The lowest BCUT2D eigenvalue weighted by atomic mass is 9.83. The largest absolute Gasteiger partial charge is 0.453 e. The second-order valence-corrected chi connectivity index (χ2v) is 6.74. The third-order valence-electron chi connectivity index (χ3n) is 5.03. The van der Waals surface area contributed by atoms with Crippen LogP contribution in [0.1, 0.15) is 36.1 Å². The smallest absolute Gasteiger partial charge is 0.338 e. The topological polar surface area (TPSA) is 98.8 Å². The Morgan fingerprint density at radius 3 is 2.70 bits per heavy atom. The Hall–Kier alpha value is -2.84. The van der Waals surface area contributed by atoms with Crippen LogP contribution >= 0.6 is 0 Å². The van der Waals surface area contributed by atoms with E-state index in [0.29, 0.717) is 17.2 Å². The highest BCUT2D eigenvalue weighted by Crippen LogP contribution is 2.39. The van der Waals surface area contributed by atoms with E-state index < -0.39 is 24.5 Å². The number of aromatic nitrogens is 4. The van der Waals surface area contributed by atoms with Gasteiger partial charge >= 0.3 is 5.97 Å². The van der Waals surface area contributed by atoms with Gasteiger partial charge in [-0.05, 0) is 24.1 Å². The van der Waals surface area contributed by atoms with Crippen LogP contribution in [0.4, 0.5) is 0 Å². The zero-order valence-electron chi connectivity index (χ0n) is 15.0. The van der Waals surface area contributed by atoms with E-state index in [1.54, 1.807) is 47.2 Å². The van der Waals surface area contributed by atoms with Gasteiger partial charge in [-0.15, -0.1) is 5.10 Å². The van der Waals surface area contributed by atoms with Crippen molar-refractivity contribution in [3.63, 3.8) is 0 Å². The third kappa shape index (κ3) is 3.29. The Kier molecular flexibility index (Phi) is 4.59. The number of aliphatic hydroxyl groups is 1. The lowest BCUT2D eigenvalue weighted by Gasteiger charge is -2.41. The molecule has 1 aliphatic heterocycles. The first-order chi connectivity index (χ1) is 13.0. The minimum Gasteiger partial charge on any atom is -0.453 e. The molecule has 3 aromatic rings. The zero-order chi connectivity index (χ0) is 19.0. The van der Waals surface area contributed by atoms with Gasteiger partial charge in [0.1, 0.15) is 6.10 Å². The molecular formula is C19H20N4O4. The van der Waals surface area contributed by atoms with Crippen LogP contribution in [-0.4, -0.2) is 43.1 Å². The molecule has 8 nitrogen and oxygen atoms in total. The van der Waals surface area contributed by atoms with Crippen molar-refractivity contribution in [2.45, 2.75) is 32.3 Å². The van der Waals surface area contributed by atoms with E-state index in [0.717, 1.165) is 0 Å². The zero-order valence-corrected chi connectivity index (χ0v) is 15.0. The number of aliphatic hydroxyl groups excluding tert-OH is 1. The Morgan fingerprint density at radius 2 is 1.96 bits per heavy atom. The number of carbonyl (C=O) groups is 1. The van der Waals surface area contributed by atoms with E-state index in [9.17, 15) is 9.90 Å². The Bertz CT molecular complexity index is 912. The molecule has 0 radical (unpaired) electrons. The summed E-state index contributed by atoms with van der Waals surface area (Å²) in [7, 11) is 0. The molecule has 27 heavy (non-hydrogen) atoms. The van der Waals surface area contributed by atoms with E-state index in [1.807, 2.05) is 19.9 Å². The number of nitrogens with zero attached hydrogens (tertiary/aromatic N) is 4. The first-order valence-corrected chi connectivity index (χ1v) is 8.81. The number of hydrogen-bond donors (Lipinski definition) is 1. The van der Waals surface area contributed by atoms with E-state index in [-0.39, 0.29) is 11.8 Å². The molecule has 0 bridgehead atoms. The summed E-state index contributed by atoms with van der Waals surface area (Å²) < 4.78 is 12.8. The summed E-state index contributed by atoms with van der Waals surface area (Å²) in [4.78, 5) is 20.9. The highest BCUT2D eigenvalue weighted by atomic mass is 16.7. The van der Waals surface area contributed by atoms with Gasteiger partial charge in [-0.25, -0.2) is 14.3 Å². The molecule has 1 fully saturated rings. The Morgan fingerprint density at radius 1 is 1.19 bits per heavy atom. The van der Waals surface area contributed by atoms with E-state index in [4.69, 9.17) is 9.47 Å². The summed E-state index contributed by atoms with van der Waals surface area (Å²) in [5.41, 5.74) is 0.430. The molecule has 0 amide bonds. The van der Waals surface area contributed by atoms with Gasteiger partial charge in [0.15, 0.2) is 18.2 Å². The molecule has 3 unspecified atom stereocenters. The van der Waals surface area contributed by atoms with Crippen molar-refractivity contribution in [1.82, 2.24) is 19.6 Å². The number of ether oxygens (including phenoxy) is 2. The predicted molar refractivity (Wildman–Crippen MR) is 94.6 cm³/mol. The lowest BCUT2D eigenvalue weighted by molar-refractivity contribution is -0.253. The van der Waals surface area contributed by atoms with Crippen molar-refractivity contribution in [3.8, 4) is 0 Å². The fourth-order valence-electron chi connectivity index (χ4n) is 3.28. The first kappa shape index (κ1) is 17.6. The van der Waals surface area contributed by atoms with Gasteiger partial charge in [0.05, 0.1) is 5.56 Å². The van der Waals surface area contributed by atoms with Gasteiger partial charge in [-0.3, -0.25) is 0 Å². The van der Waals surface area contributed by atoms with Crippen LogP contribution in [0, 0.1) is 11.8 Å². The van der Waals surface area contributed by atoms with E-state index >= 15 is 0 Å². The van der Waals surface area contributed by atoms with Crippen LogP contribution in [0.2, 0.25) is 0 Å². The summed E-state index contributed by atoms with van der Waals surface area (Å²) in [6, 6.07) is 10.4. The average Bonchev–Trinajstić information content (AvgIpc) is 3.12. The highest BCUT2D eigenvalue weighted by Gasteiger charge is 2.45. The first-order valence-electron chi connectivity index (χ1n) is 8.81. The number of hydrogen-bond acceptors (Lipinski definition) is 7. The monoisotopic (exact) mass is 368 g/mol. The van der Waals surface area contributed by atoms with E-state index in [1.165, 1.54) is 0 Å². The number of carbonyl (C=O) groups excluding carboxylic acids is 1. The standard InChI is InChI=1S/C19H20N4O4/c1-11-12(2)15(27-17(24)13-7-4-3-5-8-13)18(25)26-14(11)16-21-19-20-9-6-10-23(19)22-16/h3-12,14-15,18,25H,1-2H3/t11-,12-,14?,15?,18?/m0/s1. The minimum absolute atomic E-state index is 0.0839. The quantitative estimate of drug-likeness (QED) is 0.706. The maximum absolute atomic E-state index is 12.4. The molecule has 5 atom stereocenters. The van der Waals surface area contributed by atoms with Crippen molar-refractivity contribution in [3.05, 3.63) is 60.2 Å². The highest BCUT2D eigenvalue weighted by molar-refractivity contribution is 5.89. The number of benzene rings is 1. The van der Waals surface area contributed by atoms with Gasteiger partial charge in [-0.1, -0.05) is 32.0 Å². The van der Waals surface area contributed by atoms with Gasteiger partial charge in [0.2, 0.25) is 0 Å². The van der Waals surface area contributed by atoms with Crippen LogP contribution in [-0.2, 0) is 9.47 Å². The van der Waals surface area contributed by atoms with Crippen molar-refractivity contribution < 1.29 is 19.4 Å². The van der Waals surface area contributed by atoms with Crippen LogP contribution in [0.25, 0.3) is 5.78 Å². The maximum atomic E-state index is 12.4. The second kappa shape index (κ2) is 7.05. The Labute approximate surface area is 155 Å². The molecule has 0 spiro atoms. The molecule has 4 rings (SSSR count). The molecule has 0 aliphatic carbocycles. The molecule has 140 valence electrons. The average molecular weight is 368 g/mol. The van der Waals surface area contributed by atoms with Crippen LogP contribution in [0.15, 0.2) is 48.8 Å². The summed E-state index contributed by atoms with van der Waals surface area (Å²) in [6.45, 7) is 3.88. The van der Waals surface area contributed by atoms with Gasteiger partial charge in [0.25, 0.3) is 5.78 Å². The molecule has 1 aliphatic rings. The SMILES string of the molecule is C[C@@H]1C(c2nc3ncccn3n2)OC(O)C(OC(=O)c2ccccc2)[C@H]1C. The number of fused-ring (bicyclic) bond motifs is 1. The van der Waals surface area contributed by atoms with Crippen molar-refractivity contribution in [2.75, 3.05) is 0 Å². The summed E-state index contributed by atoms with van der Waals surface area (Å²) in [5.74, 6) is 0.171. The normalized spacial score (nSPS) is 28.2. The Balaban J connectivity index is 1.53. The van der Waals surface area contributed by atoms with Crippen LogP contribution < -0.4 is 0 Å². The summed E-state index contributed by atoms with van der Waals surface area (Å²) >= 11 is 0. The van der Waals surface area contributed by atoms with Crippen molar-refractivity contribution >= 4 is 11.7 Å². The molecule has 0 saturated carbocycles. The van der Waals surface area contributed by atoms with E-state index in [2.05, 4.69) is 15.1 Å². The summed E-state index contributed by atoms with van der Waals surface area (Å²) in [5, 5.41) is 14.9. The molecular weight excluding hydrogens is 348 g/mol. The summed E-state index contributed by atoms with van der Waals surface area (Å²) in [6.07, 6.45) is 0.808. The van der Waals surface area contributed by atoms with Gasteiger partial charge in [-0.2, -0.15) is 4.98 Å². The molecule has 8 heteroatoms. The van der Waals surface area contributed by atoms with Crippen LogP contribution in [0.5, 0.6) is 0 Å². The van der Waals surface area contributed by atoms with Crippen molar-refractivity contribution in [2.24, 2.45) is 11.8 Å². The number of esters is 1. The van der Waals surface area contributed by atoms with Crippen molar-refractivity contribution in [1.29, 1.82) is 0 Å². The fraction of sp³-hybridized carbons (Fsp3) is 0.368. The molecule has 1 saturated heterocycles. The third-order valence-corrected chi connectivity index (χ3v) is 5.03. The molecule has 2 aromatic heterocycles. The molecule has 3 heterocycles. The predicted octanol–water partition coefficient (Wildman–Crippen LogP) is 2.01.